The summed E-state index contributed by atoms with van der Waals surface area (Å²) in [6.07, 6.45) is 0. The fourth-order valence-corrected chi connectivity index (χ4v) is 4.88. The van der Waals surface area contributed by atoms with Crippen LogP contribution in [0.2, 0.25) is 0 Å². The van der Waals surface area contributed by atoms with Crippen LogP contribution >= 0.6 is 11.8 Å². The summed E-state index contributed by atoms with van der Waals surface area (Å²) in [6.45, 7) is 0. The Morgan fingerprint density at radius 2 is 1.34 bits per heavy atom. The van der Waals surface area contributed by atoms with Crippen molar-refractivity contribution in [2.24, 2.45) is 4.99 Å². The van der Waals surface area contributed by atoms with Gasteiger partial charge in [0.15, 0.2) is 5.17 Å². The summed E-state index contributed by atoms with van der Waals surface area (Å²) in [5, 5.41) is 7.31. The average Bonchev–Trinajstić information content (AvgIpc) is 3.23. The number of fused-ring (bicyclic) bond motifs is 1. The molecule has 3 heteroatoms. The van der Waals surface area contributed by atoms with E-state index in [1.807, 2.05) is 0 Å². The molecule has 1 heterocycles. The van der Waals surface area contributed by atoms with Gasteiger partial charge in [0.2, 0.25) is 0 Å². The quantitative estimate of drug-likeness (QED) is 0.426. The monoisotopic (exact) mass is 394 g/mol. The third kappa shape index (κ3) is 3.79. The number of aliphatic imine (C=N–C) groups is 1. The van der Waals surface area contributed by atoms with Crippen LogP contribution in [0.25, 0.3) is 10.8 Å². The molecule has 4 aromatic rings. The molecule has 4 aromatic carbocycles. The Bertz CT molecular complexity index is 1130. The molecule has 5 rings (SSSR count). The van der Waals surface area contributed by atoms with Crippen molar-refractivity contribution in [3.8, 4) is 0 Å². The predicted molar refractivity (Wildman–Crippen MR) is 124 cm³/mol. The van der Waals surface area contributed by atoms with Crippen LogP contribution in [0.5, 0.6) is 0 Å². The van der Waals surface area contributed by atoms with Crippen LogP contribution in [0, 0.1) is 0 Å². The molecule has 0 saturated heterocycles. The van der Waals surface area contributed by atoms with Gasteiger partial charge in [0.25, 0.3) is 0 Å². The Kier molecular flexibility index (Phi) is 5.06. The first-order chi connectivity index (χ1) is 14.4. The third-order valence-corrected chi connectivity index (χ3v) is 6.35. The van der Waals surface area contributed by atoms with Crippen LogP contribution in [0.1, 0.15) is 28.8 Å². The van der Waals surface area contributed by atoms with Crippen LogP contribution in [0.15, 0.2) is 108 Å². The van der Waals surface area contributed by atoms with E-state index in [0.29, 0.717) is 0 Å². The number of benzene rings is 4. The maximum atomic E-state index is 5.08. The first kappa shape index (κ1) is 18.0. The number of amidine groups is 1. The fourth-order valence-electron chi connectivity index (χ4n) is 3.94. The lowest BCUT2D eigenvalue weighted by Gasteiger charge is -2.19. The van der Waals surface area contributed by atoms with Gasteiger partial charge in [-0.3, -0.25) is 4.99 Å². The molecule has 0 radical (unpaired) electrons. The molecule has 2 atom stereocenters. The normalized spacial score (nSPS) is 18.4. The molecule has 142 valence electrons. The van der Waals surface area contributed by atoms with E-state index in [1.165, 1.54) is 27.5 Å². The topological polar surface area (TPSA) is 24.4 Å². The lowest BCUT2D eigenvalue weighted by atomic mass is 9.95. The molecule has 1 aliphatic rings. The van der Waals surface area contributed by atoms with Gasteiger partial charge in [0.05, 0.1) is 6.04 Å². The smallest absolute Gasteiger partial charge is 0.158 e. The summed E-state index contributed by atoms with van der Waals surface area (Å²) in [4.78, 5) is 5.08. The number of nitrogens with zero attached hydrogens (tertiary/aromatic N) is 1. The first-order valence-corrected chi connectivity index (χ1v) is 10.9. The Morgan fingerprint density at radius 1 is 0.690 bits per heavy atom. The predicted octanol–water partition coefficient (Wildman–Crippen LogP) is 6.51. The second-order valence-corrected chi connectivity index (χ2v) is 8.21. The van der Waals surface area contributed by atoms with Gasteiger partial charge >= 0.3 is 0 Å². The minimum Gasteiger partial charge on any atom is -0.356 e. The van der Waals surface area contributed by atoms with Crippen LogP contribution in [0.3, 0.4) is 0 Å². The summed E-state index contributed by atoms with van der Waals surface area (Å²) in [5.41, 5.74) is 3.86. The van der Waals surface area contributed by atoms with Gasteiger partial charge in [-0.05, 0) is 27.5 Å². The zero-order chi connectivity index (χ0) is 19.5. The van der Waals surface area contributed by atoms with Crippen molar-refractivity contribution in [1.82, 2.24) is 5.32 Å². The Labute approximate surface area is 175 Å². The van der Waals surface area contributed by atoms with Gasteiger partial charge in [-0.15, -0.1) is 0 Å². The van der Waals surface area contributed by atoms with E-state index in [9.17, 15) is 0 Å². The number of hydrogen-bond acceptors (Lipinski definition) is 3. The molecule has 0 spiro atoms. The Balaban J connectivity index is 1.41. The first-order valence-electron chi connectivity index (χ1n) is 9.92. The summed E-state index contributed by atoms with van der Waals surface area (Å²) >= 11 is 1.79. The molecule has 0 fully saturated rings. The fraction of sp³-hybridized carbons (Fsp3) is 0.115. The highest BCUT2D eigenvalue weighted by Gasteiger charge is 2.31. The number of nitrogens with one attached hydrogen (secondary N) is 1. The summed E-state index contributed by atoms with van der Waals surface area (Å²) in [6, 6.07) is 36.6. The molecule has 0 aliphatic carbocycles. The van der Waals surface area contributed by atoms with E-state index in [2.05, 4.69) is 108 Å². The Hall–Kier alpha value is -3.04. The minimum atomic E-state index is 0.0913. The molecule has 2 unspecified atom stereocenters. The van der Waals surface area contributed by atoms with Crippen molar-refractivity contribution in [3.05, 3.63) is 120 Å². The molecule has 0 saturated carbocycles. The van der Waals surface area contributed by atoms with E-state index in [4.69, 9.17) is 4.99 Å². The zero-order valence-electron chi connectivity index (χ0n) is 16.0. The molecule has 0 bridgehead atoms. The zero-order valence-corrected chi connectivity index (χ0v) is 16.8. The number of thioether (sulfide) groups is 1. The second-order valence-electron chi connectivity index (χ2n) is 7.25. The minimum absolute atomic E-state index is 0.0913. The highest BCUT2D eigenvalue weighted by molar-refractivity contribution is 8.13. The van der Waals surface area contributed by atoms with E-state index in [-0.39, 0.29) is 12.1 Å². The van der Waals surface area contributed by atoms with E-state index in [1.54, 1.807) is 11.8 Å². The van der Waals surface area contributed by atoms with Gasteiger partial charge in [-0.1, -0.05) is 115 Å². The third-order valence-electron chi connectivity index (χ3n) is 5.40. The molecular weight excluding hydrogens is 372 g/mol. The van der Waals surface area contributed by atoms with Gasteiger partial charge in [-0.25, -0.2) is 0 Å². The van der Waals surface area contributed by atoms with E-state index < -0.39 is 0 Å². The number of rotatable bonds is 4. The van der Waals surface area contributed by atoms with Crippen molar-refractivity contribution in [2.45, 2.75) is 17.8 Å². The van der Waals surface area contributed by atoms with Gasteiger partial charge in [0.1, 0.15) is 6.04 Å². The van der Waals surface area contributed by atoms with Crippen molar-refractivity contribution >= 4 is 27.7 Å². The molecule has 0 aromatic heterocycles. The molecular formula is C26H22N2S. The number of hydrogen-bond donors (Lipinski definition) is 1. The Morgan fingerprint density at radius 3 is 2.14 bits per heavy atom. The van der Waals surface area contributed by atoms with Crippen LogP contribution < -0.4 is 5.32 Å². The van der Waals surface area contributed by atoms with Crippen molar-refractivity contribution < 1.29 is 0 Å². The van der Waals surface area contributed by atoms with Gasteiger partial charge < -0.3 is 5.32 Å². The summed E-state index contributed by atoms with van der Waals surface area (Å²) < 4.78 is 0. The van der Waals surface area contributed by atoms with E-state index in [0.717, 1.165) is 10.9 Å². The van der Waals surface area contributed by atoms with Gasteiger partial charge in [-0.2, -0.15) is 0 Å². The highest BCUT2D eigenvalue weighted by Crippen LogP contribution is 2.38. The second kappa shape index (κ2) is 8.14. The average molecular weight is 395 g/mol. The van der Waals surface area contributed by atoms with Crippen molar-refractivity contribution in [3.63, 3.8) is 0 Å². The van der Waals surface area contributed by atoms with Gasteiger partial charge in [0, 0.05) is 5.75 Å². The summed E-state index contributed by atoms with van der Waals surface area (Å²) in [7, 11) is 0. The summed E-state index contributed by atoms with van der Waals surface area (Å²) in [5.74, 6) is 0.899. The molecule has 0 amide bonds. The maximum absolute atomic E-state index is 5.08. The molecule has 2 nitrogen and oxygen atoms in total. The molecule has 1 aliphatic heterocycles. The van der Waals surface area contributed by atoms with Crippen LogP contribution in [0.4, 0.5) is 0 Å². The highest BCUT2D eigenvalue weighted by atomic mass is 32.2. The largest absolute Gasteiger partial charge is 0.356 e. The maximum Gasteiger partial charge on any atom is 0.158 e. The van der Waals surface area contributed by atoms with Crippen molar-refractivity contribution in [2.75, 3.05) is 0 Å². The van der Waals surface area contributed by atoms with Crippen LogP contribution in [-0.2, 0) is 5.75 Å². The standard InChI is InChI=1S/C26H22N2S/c1-3-11-20(12-4-1)24-25(21-13-5-2-6-14-21)28-26(27-24)29-18-22-16-9-15-19-10-7-8-17-23(19)22/h1-17,24-25H,18H2,(H,27,28). The SMILES string of the molecule is c1ccc(C2N=C(SCc3cccc4ccccc34)NC2c2ccccc2)cc1. The lowest BCUT2D eigenvalue weighted by molar-refractivity contribution is 0.573. The van der Waals surface area contributed by atoms with E-state index >= 15 is 0 Å². The van der Waals surface area contributed by atoms with Crippen LogP contribution in [-0.4, -0.2) is 5.17 Å². The molecule has 1 N–H and O–H groups in total. The lowest BCUT2D eigenvalue weighted by Crippen LogP contribution is -2.22. The van der Waals surface area contributed by atoms with Crippen molar-refractivity contribution in [1.29, 1.82) is 0 Å². The molecule has 29 heavy (non-hydrogen) atoms.